The zero-order chi connectivity index (χ0) is 13.0. The zero-order valence-corrected chi connectivity index (χ0v) is 11.1. The van der Waals surface area contributed by atoms with Gasteiger partial charge in [-0.3, -0.25) is 4.79 Å². The van der Waals surface area contributed by atoms with Gasteiger partial charge in [0.15, 0.2) is 5.76 Å². The third-order valence-electron chi connectivity index (χ3n) is 3.68. The van der Waals surface area contributed by atoms with Crippen LogP contribution in [-0.4, -0.2) is 23.1 Å². The van der Waals surface area contributed by atoms with Crippen molar-refractivity contribution in [2.24, 2.45) is 0 Å². The monoisotopic (exact) mass is 251 g/mol. The molecule has 100 valence electrons. The van der Waals surface area contributed by atoms with Crippen LogP contribution in [0, 0.1) is 0 Å². The summed E-state index contributed by atoms with van der Waals surface area (Å²) in [6, 6.07) is 1.89. The molecule has 0 spiro atoms. The fourth-order valence-corrected chi connectivity index (χ4v) is 2.40. The smallest absolute Gasteiger partial charge is 0.240 e. The van der Waals surface area contributed by atoms with Gasteiger partial charge in [0.1, 0.15) is 0 Å². The average molecular weight is 251 g/mol. The number of carbonyl (C=O) groups is 1. The van der Waals surface area contributed by atoms with E-state index in [9.17, 15) is 4.79 Å². The molecule has 18 heavy (non-hydrogen) atoms. The van der Waals surface area contributed by atoms with Gasteiger partial charge in [0.25, 0.3) is 0 Å². The molecular weight excluding hydrogens is 230 g/mol. The summed E-state index contributed by atoms with van der Waals surface area (Å²) in [7, 11) is 0. The molecule has 1 atom stereocenters. The number of hydrogen-bond acceptors (Lipinski definition) is 4. The highest BCUT2D eigenvalue weighted by atomic mass is 16.5. The van der Waals surface area contributed by atoms with Gasteiger partial charge in [-0.05, 0) is 32.2 Å². The summed E-state index contributed by atoms with van der Waals surface area (Å²) in [5, 5.41) is 10.2. The van der Waals surface area contributed by atoms with Crippen LogP contribution in [0.2, 0.25) is 0 Å². The molecule has 2 N–H and O–H groups in total. The van der Waals surface area contributed by atoms with E-state index in [1.165, 1.54) is 0 Å². The van der Waals surface area contributed by atoms with E-state index in [1.54, 1.807) is 0 Å². The number of hydrogen-bond donors (Lipinski definition) is 2. The van der Waals surface area contributed by atoms with Gasteiger partial charge >= 0.3 is 0 Å². The Morgan fingerprint density at radius 3 is 3.00 bits per heavy atom. The molecule has 1 aromatic rings. The van der Waals surface area contributed by atoms with Gasteiger partial charge in [-0.1, -0.05) is 19.0 Å². The molecule has 0 saturated carbocycles. The molecule has 1 fully saturated rings. The van der Waals surface area contributed by atoms with Crippen LogP contribution in [0.1, 0.15) is 44.6 Å². The standard InChI is InChI=1S/C13H21N3O2/c1-3-10-8-11(18-16-10)9-14-12(17)13(4-2)6-5-7-15-13/h8,15H,3-7,9H2,1-2H3,(H,14,17)/t13-/m1/s1. The van der Waals surface area contributed by atoms with E-state index in [1.807, 2.05) is 19.9 Å². The van der Waals surface area contributed by atoms with E-state index in [2.05, 4.69) is 15.8 Å². The predicted molar refractivity (Wildman–Crippen MR) is 68.0 cm³/mol. The lowest BCUT2D eigenvalue weighted by Crippen LogP contribution is -2.52. The second-order valence-electron chi connectivity index (χ2n) is 4.79. The lowest BCUT2D eigenvalue weighted by molar-refractivity contribution is -0.127. The van der Waals surface area contributed by atoms with Crippen LogP contribution in [0.3, 0.4) is 0 Å². The largest absolute Gasteiger partial charge is 0.359 e. The third-order valence-corrected chi connectivity index (χ3v) is 3.68. The molecule has 2 rings (SSSR count). The second kappa shape index (κ2) is 5.52. The minimum Gasteiger partial charge on any atom is -0.359 e. The van der Waals surface area contributed by atoms with Crippen molar-refractivity contribution < 1.29 is 9.32 Å². The Kier molecular flexibility index (Phi) is 4.01. The third kappa shape index (κ3) is 2.56. The minimum absolute atomic E-state index is 0.0666. The van der Waals surface area contributed by atoms with Gasteiger partial charge < -0.3 is 15.2 Å². The summed E-state index contributed by atoms with van der Waals surface area (Å²) in [4.78, 5) is 12.2. The number of nitrogens with one attached hydrogen (secondary N) is 2. The summed E-state index contributed by atoms with van der Waals surface area (Å²) >= 11 is 0. The Balaban J connectivity index is 1.91. The minimum atomic E-state index is -0.381. The molecule has 1 amide bonds. The van der Waals surface area contributed by atoms with E-state index >= 15 is 0 Å². The first kappa shape index (κ1) is 13.1. The fraction of sp³-hybridized carbons (Fsp3) is 0.692. The van der Waals surface area contributed by atoms with Crippen molar-refractivity contribution >= 4 is 5.91 Å². The Hall–Kier alpha value is -1.36. The van der Waals surface area contributed by atoms with Crippen molar-refractivity contribution in [3.8, 4) is 0 Å². The molecule has 1 aliphatic heterocycles. The highest BCUT2D eigenvalue weighted by Gasteiger charge is 2.38. The molecule has 0 radical (unpaired) electrons. The average Bonchev–Trinajstić information content (AvgIpc) is 3.05. The van der Waals surface area contributed by atoms with Crippen molar-refractivity contribution in [2.75, 3.05) is 6.54 Å². The molecular formula is C13H21N3O2. The molecule has 1 saturated heterocycles. The molecule has 1 aromatic heterocycles. The van der Waals surface area contributed by atoms with Crippen molar-refractivity contribution in [3.05, 3.63) is 17.5 Å². The molecule has 5 heteroatoms. The molecule has 0 aliphatic carbocycles. The van der Waals surface area contributed by atoms with Gasteiger partial charge in [0, 0.05) is 6.07 Å². The van der Waals surface area contributed by atoms with E-state index in [-0.39, 0.29) is 11.4 Å². The first-order valence-corrected chi connectivity index (χ1v) is 6.68. The first-order chi connectivity index (χ1) is 8.70. The van der Waals surface area contributed by atoms with Crippen molar-refractivity contribution in [2.45, 2.75) is 51.6 Å². The Morgan fingerprint density at radius 2 is 2.44 bits per heavy atom. The maximum atomic E-state index is 12.2. The van der Waals surface area contributed by atoms with E-state index in [0.717, 1.165) is 37.9 Å². The summed E-state index contributed by atoms with van der Waals surface area (Å²) in [5.41, 5.74) is 0.539. The van der Waals surface area contributed by atoms with Gasteiger partial charge in [0.05, 0.1) is 17.8 Å². The van der Waals surface area contributed by atoms with Crippen LogP contribution < -0.4 is 10.6 Å². The van der Waals surface area contributed by atoms with Gasteiger partial charge in [-0.15, -0.1) is 0 Å². The van der Waals surface area contributed by atoms with E-state index in [4.69, 9.17) is 4.52 Å². The van der Waals surface area contributed by atoms with E-state index < -0.39 is 0 Å². The second-order valence-corrected chi connectivity index (χ2v) is 4.79. The molecule has 2 heterocycles. The topological polar surface area (TPSA) is 67.2 Å². The molecule has 0 bridgehead atoms. The highest BCUT2D eigenvalue weighted by molar-refractivity contribution is 5.86. The van der Waals surface area contributed by atoms with Crippen LogP contribution in [0.4, 0.5) is 0 Å². The van der Waals surface area contributed by atoms with Crippen molar-refractivity contribution in [1.29, 1.82) is 0 Å². The zero-order valence-electron chi connectivity index (χ0n) is 11.1. The summed E-state index contributed by atoms with van der Waals surface area (Å²) in [5.74, 6) is 0.779. The van der Waals surface area contributed by atoms with Crippen LogP contribution in [0.15, 0.2) is 10.6 Å². The van der Waals surface area contributed by atoms with Gasteiger partial charge in [-0.2, -0.15) is 0 Å². The van der Waals surface area contributed by atoms with Crippen molar-refractivity contribution in [3.63, 3.8) is 0 Å². The molecule has 1 aliphatic rings. The van der Waals surface area contributed by atoms with Crippen LogP contribution in [-0.2, 0) is 17.8 Å². The number of rotatable bonds is 5. The number of nitrogens with zero attached hydrogens (tertiary/aromatic N) is 1. The summed E-state index contributed by atoms with van der Waals surface area (Å²) < 4.78 is 5.15. The molecule has 0 aromatic carbocycles. The predicted octanol–water partition coefficient (Wildman–Crippen LogP) is 1.39. The first-order valence-electron chi connectivity index (χ1n) is 6.68. The van der Waals surface area contributed by atoms with Gasteiger partial charge in [0.2, 0.25) is 5.91 Å². The number of aryl methyl sites for hydroxylation is 1. The number of aromatic nitrogens is 1. The Labute approximate surface area is 107 Å². The summed E-state index contributed by atoms with van der Waals surface area (Å²) in [6.45, 7) is 5.40. The maximum Gasteiger partial charge on any atom is 0.240 e. The van der Waals surface area contributed by atoms with Crippen molar-refractivity contribution in [1.82, 2.24) is 15.8 Å². The van der Waals surface area contributed by atoms with Crippen LogP contribution >= 0.6 is 0 Å². The van der Waals surface area contributed by atoms with Crippen LogP contribution in [0.5, 0.6) is 0 Å². The Bertz CT molecular complexity index is 408. The molecule has 5 nitrogen and oxygen atoms in total. The summed E-state index contributed by atoms with van der Waals surface area (Å²) in [6.07, 6.45) is 3.63. The molecule has 0 unspecified atom stereocenters. The van der Waals surface area contributed by atoms with E-state index in [0.29, 0.717) is 12.3 Å². The van der Waals surface area contributed by atoms with Gasteiger partial charge in [-0.25, -0.2) is 0 Å². The fourth-order valence-electron chi connectivity index (χ4n) is 2.40. The maximum absolute atomic E-state index is 12.2. The number of carbonyl (C=O) groups excluding carboxylic acids is 1. The quantitative estimate of drug-likeness (QED) is 0.829. The highest BCUT2D eigenvalue weighted by Crippen LogP contribution is 2.23. The SMILES string of the molecule is CCc1cc(CNC(=O)[C@@]2(CC)CCCN2)on1. The lowest BCUT2D eigenvalue weighted by Gasteiger charge is -2.26. The normalized spacial score (nSPS) is 23.2. The van der Waals surface area contributed by atoms with Crippen LogP contribution in [0.25, 0.3) is 0 Å². The lowest BCUT2D eigenvalue weighted by atomic mass is 9.93. The Morgan fingerprint density at radius 1 is 1.61 bits per heavy atom. The number of amides is 1.